The van der Waals surface area contributed by atoms with Crippen molar-refractivity contribution < 1.29 is 17.6 Å². The van der Waals surface area contributed by atoms with Crippen LogP contribution in [0.25, 0.3) is 0 Å². The van der Waals surface area contributed by atoms with Crippen LogP contribution in [0.15, 0.2) is 18.2 Å². The molecule has 1 aliphatic carbocycles. The Hall–Kier alpha value is -0.810. The maximum absolute atomic E-state index is 13.5. The number of nitrogens with one attached hydrogen (secondary N) is 1. The quantitative estimate of drug-likeness (QED) is 0.799. The van der Waals surface area contributed by atoms with Crippen LogP contribution in [-0.2, 0) is 6.54 Å². The predicted octanol–water partition coefficient (Wildman–Crippen LogP) is 4.69. The zero-order valence-electron chi connectivity index (χ0n) is 10.8. The summed E-state index contributed by atoms with van der Waals surface area (Å²) >= 11 is 5.78. The van der Waals surface area contributed by atoms with Gasteiger partial charge in [-0.3, -0.25) is 0 Å². The summed E-state index contributed by atoms with van der Waals surface area (Å²) in [5.74, 6) is -1.65. The van der Waals surface area contributed by atoms with Gasteiger partial charge < -0.3 is 5.32 Å². The lowest BCUT2D eigenvalue weighted by Crippen LogP contribution is -2.38. The number of rotatable bonds is 3. The summed E-state index contributed by atoms with van der Waals surface area (Å²) in [6, 6.07) is 3.97. The highest BCUT2D eigenvalue weighted by Crippen LogP contribution is 2.37. The van der Waals surface area contributed by atoms with Crippen LogP contribution in [0.5, 0.6) is 0 Å². The molecule has 112 valence electrons. The lowest BCUT2D eigenvalue weighted by atomic mass is 9.85. The Bertz CT molecular complexity index is 461. The van der Waals surface area contributed by atoms with E-state index >= 15 is 0 Å². The van der Waals surface area contributed by atoms with Crippen molar-refractivity contribution in [2.45, 2.75) is 44.4 Å². The molecule has 0 spiro atoms. The van der Waals surface area contributed by atoms with E-state index in [2.05, 4.69) is 5.32 Å². The van der Waals surface area contributed by atoms with Crippen molar-refractivity contribution in [2.24, 2.45) is 5.92 Å². The van der Waals surface area contributed by atoms with E-state index in [9.17, 15) is 17.6 Å². The van der Waals surface area contributed by atoms with Gasteiger partial charge in [-0.1, -0.05) is 18.0 Å². The molecule has 1 saturated carbocycles. The van der Waals surface area contributed by atoms with Crippen molar-refractivity contribution in [3.8, 4) is 0 Å². The Morgan fingerprint density at radius 3 is 2.70 bits per heavy atom. The summed E-state index contributed by atoms with van der Waals surface area (Å²) in [6.07, 6.45) is -2.66. The molecule has 1 aliphatic rings. The second-order valence-corrected chi connectivity index (χ2v) is 5.66. The van der Waals surface area contributed by atoms with Crippen molar-refractivity contribution in [1.82, 2.24) is 5.32 Å². The molecule has 0 saturated heterocycles. The lowest BCUT2D eigenvalue weighted by Gasteiger charge is -2.31. The van der Waals surface area contributed by atoms with E-state index in [0.717, 1.165) is 0 Å². The average Bonchev–Trinajstić information content (AvgIpc) is 2.39. The zero-order chi connectivity index (χ0) is 14.8. The fourth-order valence-electron chi connectivity index (χ4n) is 2.61. The van der Waals surface area contributed by atoms with Gasteiger partial charge >= 0.3 is 6.18 Å². The first-order valence-electron chi connectivity index (χ1n) is 6.60. The molecule has 0 aromatic heterocycles. The van der Waals surface area contributed by atoms with E-state index in [1.165, 1.54) is 18.2 Å². The smallest absolute Gasteiger partial charge is 0.310 e. The third-order valence-corrected chi connectivity index (χ3v) is 3.96. The summed E-state index contributed by atoms with van der Waals surface area (Å²) in [7, 11) is 0. The van der Waals surface area contributed by atoms with E-state index in [-0.39, 0.29) is 25.4 Å². The minimum absolute atomic E-state index is 0.0612. The van der Waals surface area contributed by atoms with Gasteiger partial charge in [0.1, 0.15) is 5.82 Å². The van der Waals surface area contributed by atoms with E-state index < -0.39 is 17.9 Å². The first kappa shape index (κ1) is 15.6. The van der Waals surface area contributed by atoms with Gasteiger partial charge in [-0.05, 0) is 37.5 Å². The maximum atomic E-state index is 13.5. The Labute approximate surface area is 120 Å². The molecular formula is C14H16ClF4N. The first-order valence-corrected chi connectivity index (χ1v) is 6.98. The van der Waals surface area contributed by atoms with Crippen LogP contribution in [0.4, 0.5) is 17.6 Å². The van der Waals surface area contributed by atoms with Crippen LogP contribution in [0.1, 0.15) is 31.2 Å². The molecule has 0 aliphatic heterocycles. The van der Waals surface area contributed by atoms with Crippen molar-refractivity contribution in [3.05, 3.63) is 34.6 Å². The fourth-order valence-corrected chi connectivity index (χ4v) is 2.80. The molecule has 0 heterocycles. The summed E-state index contributed by atoms with van der Waals surface area (Å²) in [5.41, 5.74) is 0.381. The SMILES string of the molecule is Fc1ccc(Cl)cc1CNC1CCCC(C(F)(F)F)C1. The number of hydrogen-bond acceptors (Lipinski definition) is 1. The fraction of sp³-hybridized carbons (Fsp3) is 0.571. The third-order valence-electron chi connectivity index (χ3n) is 3.73. The Morgan fingerprint density at radius 2 is 2.00 bits per heavy atom. The van der Waals surface area contributed by atoms with Crippen LogP contribution >= 0.6 is 11.6 Å². The lowest BCUT2D eigenvalue weighted by molar-refractivity contribution is -0.183. The predicted molar refractivity (Wildman–Crippen MR) is 70.1 cm³/mol. The number of benzene rings is 1. The number of alkyl halides is 3. The molecule has 0 radical (unpaired) electrons. The van der Waals surface area contributed by atoms with Crippen molar-refractivity contribution >= 4 is 11.6 Å². The van der Waals surface area contributed by atoms with Crippen LogP contribution in [0, 0.1) is 11.7 Å². The highest BCUT2D eigenvalue weighted by atomic mass is 35.5. The topological polar surface area (TPSA) is 12.0 Å². The maximum Gasteiger partial charge on any atom is 0.391 e. The zero-order valence-corrected chi connectivity index (χ0v) is 11.6. The largest absolute Gasteiger partial charge is 0.391 e. The van der Waals surface area contributed by atoms with Crippen LogP contribution in [-0.4, -0.2) is 12.2 Å². The van der Waals surface area contributed by atoms with Gasteiger partial charge in [-0.25, -0.2) is 4.39 Å². The summed E-state index contributed by atoms with van der Waals surface area (Å²) in [4.78, 5) is 0. The minimum Gasteiger partial charge on any atom is -0.310 e. The van der Waals surface area contributed by atoms with E-state index in [0.29, 0.717) is 23.4 Å². The molecule has 1 aromatic rings. The van der Waals surface area contributed by atoms with E-state index in [1.807, 2.05) is 0 Å². The molecule has 1 nitrogen and oxygen atoms in total. The van der Waals surface area contributed by atoms with Gasteiger partial charge in [-0.15, -0.1) is 0 Å². The second-order valence-electron chi connectivity index (χ2n) is 5.22. The molecule has 2 rings (SSSR count). The Balaban J connectivity index is 1.92. The first-order chi connectivity index (χ1) is 9.36. The van der Waals surface area contributed by atoms with Gasteiger partial charge in [0.2, 0.25) is 0 Å². The average molecular weight is 310 g/mol. The Kier molecular flexibility index (Phi) is 4.91. The molecule has 0 bridgehead atoms. The molecule has 6 heteroatoms. The molecular weight excluding hydrogens is 294 g/mol. The van der Waals surface area contributed by atoms with E-state index in [1.54, 1.807) is 0 Å². The highest BCUT2D eigenvalue weighted by molar-refractivity contribution is 6.30. The molecule has 1 fully saturated rings. The standard InChI is InChI=1S/C14H16ClF4N/c15-11-4-5-13(16)9(6-11)8-20-12-3-1-2-10(7-12)14(17,18)19/h4-6,10,12,20H,1-3,7-8H2. The van der Waals surface area contributed by atoms with Crippen molar-refractivity contribution in [1.29, 1.82) is 0 Å². The monoisotopic (exact) mass is 309 g/mol. The summed E-state index contributed by atoms with van der Waals surface area (Å²) in [5, 5.41) is 3.43. The second kappa shape index (κ2) is 6.31. The van der Waals surface area contributed by atoms with Crippen LogP contribution in [0.3, 0.4) is 0 Å². The molecule has 1 N–H and O–H groups in total. The third kappa shape index (κ3) is 4.09. The molecule has 0 amide bonds. The molecule has 2 atom stereocenters. The van der Waals surface area contributed by atoms with Gasteiger partial charge in [0.05, 0.1) is 5.92 Å². The Morgan fingerprint density at radius 1 is 1.25 bits per heavy atom. The normalized spacial score (nSPS) is 23.9. The molecule has 1 aromatic carbocycles. The molecule has 20 heavy (non-hydrogen) atoms. The van der Waals surface area contributed by atoms with Gasteiger partial charge in [-0.2, -0.15) is 13.2 Å². The molecule has 2 unspecified atom stereocenters. The minimum atomic E-state index is -4.14. The van der Waals surface area contributed by atoms with E-state index in [4.69, 9.17) is 11.6 Å². The van der Waals surface area contributed by atoms with Gasteiger partial charge in [0, 0.05) is 23.2 Å². The number of halogens is 5. The van der Waals surface area contributed by atoms with Crippen LogP contribution < -0.4 is 5.32 Å². The summed E-state index contributed by atoms with van der Waals surface area (Å²) in [6.45, 7) is 0.196. The highest BCUT2D eigenvalue weighted by Gasteiger charge is 2.41. The van der Waals surface area contributed by atoms with Crippen molar-refractivity contribution in [2.75, 3.05) is 0 Å². The van der Waals surface area contributed by atoms with Crippen LogP contribution in [0.2, 0.25) is 5.02 Å². The van der Waals surface area contributed by atoms with Gasteiger partial charge in [0.25, 0.3) is 0 Å². The van der Waals surface area contributed by atoms with Crippen molar-refractivity contribution in [3.63, 3.8) is 0 Å². The van der Waals surface area contributed by atoms with Gasteiger partial charge in [0.15, 0.2) is 0 Å². The summed E-state index contributed by atoms with van der Waals surface area (Å²) < 4.78 is 51.6. The number of hydrogen-bond donors (Lipinski definition) is 1.